The fourth-order valence-electron chi connectivity index (χ4n) is 2.39. The Bertz CT molecular complexity index is 306. The molecule has 1 aromatic carbocycles. The predicted octanol–water partition coefficient (Wildman–Crippen LogP) is 3.01. The number of aliphatic hydroxyl groups is 1. The van der Waals surface area contributed by atoms with Crippen molar-refractivity contribution in [3.8, 4) is 0 Å². The summed E-state index contributed by atoms with van der Waals surface area (Å²) in [6.45, 7) is 2.13. The van der Waals surface area contributed by atoms with Gasteiger partial charge in [0.1, 0.15) is 0 Å². The van der Waals surface area contributed by atoms with Gasteiger partial charge in [0.2, 0.25) is 0 Å². The summed E-state index contributed by atoms with van der Waals surface area (Å²) in [6, 6.07) is 8.69. The molecule has 0 heterocycles. The van der Waals surface area contributed by atoms with Gasteiger partial charge < -0.3 is 5.11 Å². The van der Waals surface area contributed by atoms with Crippen LogP contribution in [-0.2, 0) is 0 Å². The van der Waals surface area contributed by atoms with E-state index in [2.05, 4.69) is 31.2 Å². The van der Waals surface area contributed by atoms with Crippen LogP contribution in [0.1, 0.15) is 42.7 Å². The average molecular weight is 190 g/mol. The molecule has 1 aliphatic rings. The second-order valence-electron chi connectivity index (χ2n) is 4.43. The normalized spacial score (nSPS) is 27.6. The summed E-state index contributed by atoms with van der Waals surface area (Å²) < 4.78 is 0. The molecule has 0 radical (unpaired) electrons. The fourth-order valence-corrected chi connectivity index (χ4v) is 2.39. The monoisotopic (exact) mass is 190 g/mol. The Hall–Kier alpha value is -0.820. The van der Waals surface area contributed by atoms with E-state index in [-0.39, 0.29) is 6.10 Å². The van der Waals surface area contributed by atoms with Crippen molar-refractivity contribution in [2.75, 3.05) is 0 Å². The molecule has 0 amide bonds. The summed E-state index contributed by atoms with van der Waals surface area (Å²) in [5.41, 5.74) is 2.73. The molecule has 1 heteroatoms. The van der Waals surface area contributed by atoms with Crippen LogP contribution in [0.4, 0.5) is 0 Å². The number of aryl methyl sites for hydroxylation is 1. The molecule has 1 N–H and O–H groups in total. The highest BCUT2D eigenvalue weighted by Crippen LogP contribution is 2.32. The molecule has 0 saturated heterocycles. The first-order valence-corrected chi connectivity index (χ1v) is 5.50. The molecule has 0 bridgehead atoms. The molecule has 1 fully saturated rings. The van der Waals surface area contributed by atoms with Crippen molar-refractivity contribution in [2.24, 2.45) is 0 Å². The number of hydrogen-bond donors (Lipinski definition) is 1. The molecule has 1 nitrogen and oxygen atoms in total. The van der Waals surface area contributed by atoms with Crippen LogP contribution in [0.5, 0.6) is 0 Å². The van der Waals surface area contributed by atoms with Crippen molar-refractivity contribution in [2.45, 2.75) is 44.6 Å². The molecule has 0 aliphatic heterocycles. The van der Waals surface area contributed by atoms with E-state index in [1.807, 2.05) is 0 Å². The number of rotatable bonds is 1. The summed E-state index contributed by atoms with van der Waals surface area (Å²) >= 11 is 0. The van der Waals surface area contributed by atoms with Crippen molar-refractivity contribution in [1.82, 2.24) is 0 Å². The third-order valence-corrected chi connectivity index (χ3v) is 3.16. The fraction of sp³-hybridized carbons (Fsp3) is 0.538. The second-order valence-corrected chi connectivity index (χ2v) is 4.43. The number of benzene rings is 1. The molecule has 2 rings (SSSR count). The Morgan fingerprint density at radius 1 is 1.29 bits per heavy atom. The summed E-state index contributed by atoms with van der Waals surface area (Å²) in [5, 5.41) is 9.61. The Labute approximate surface area is 85.8 Å². The van der Waals surface area contributed by atoms with Crippen LogP contribution in [0, 0.1) is 6.92 Å². The molecule has 0 spiro atoms. The van der Waals surface area contributed by atoms with Crippen molar-refractivity contribution in [1.29, 1.82) is 0 Å². The van der Waals surface area contributed by atoms with E-state index in [4.69, 9.17) is 0 Å². The Kier molecular flexibility index (Phi) is 2.87. The maximum absolute atomic E-state index is 9.61. The third kappa shape index (κ3) is 2.16. The molecule has 2 unspecified atom stereocenters. The number of hydrogen-bond acceptors (Lipinski definition) is 1. The zero-order chi connectivity index (χ0) is 9.97. The first-order chi connectivity index (χ1) is 6.75. The lowest BCUT2D eigenvalue weighted by molar-refractivity contribution is 0.119. The van der Waals surface area contributed by atoms with Gasteiger partial charge in [0.05, 0.1) is 6.10 Å². The average Bonchev–Trinajstić information content (AvgIpc) is 2.18. The van der Waals surface area contributed by atoms with Crippen LogP contribution in [0.25, 0.3) is 0 Å². The van der Waals surface area contributed by atoms with Crippen LogP contribution in [-0.4, -0.2) is 11.2 Å². The van der Waals surface area contributed by atoms with Gasteiger partial charge in [-0.2, -0.15) is 0 Å². The van der Waals surface area contributed by atoms with Crippen molar-refractivity contribution in [3.63, 3.8) is 0 Å². The molecule has 0 aromatic heterocycles. The topological polar surface area (TPSA) is 20.2 Å². The van der Waals surface area contributed by atoms with Gasteiger partial charge in [0.25, 0.3) is 0 Å². The number of aliphatic hydroxyl groups excluding tert-OH is 1. The summed E-state index contributed by atoms with van der Waals surface area (Å²) in [5.74, 6) is 0.582. The lowest BCUT2D eigenvalue weighted by atomic mass is 9.82. The van der Waals surface area contributed by atoms with E-state index >= 15 is 0 Å². The molecule has 76 valence electrons. The third-order valence-electron chi connectivity index (χ3n) is 3.16. The molecule has 1 aromatic rings. The largest absolute Gasteiger partial charge is 0.393 e. The maximum atomic E-state index is 9.61. The highest BCUT2D eigenvalue weighted by Gasteiger charge is 2.21. The van der Waals surface area contributed by atoms with E-state index in [1.54, 1.807) is 0 Å². The van der Waals surface area contributed by atoms with Gasteiger partial charge in [-0.25, -0.2) is 0 Å². The predicted molar refractivity (Wildman–Crippen MR) is 58.4 cm³/mol. The molecule has 1 saturated carbocycles. The highest BCUT2D eigenvalue weighted by atomic mass is 16.3. The minimum absolute atomic E-state index is 0.0748. The van der Waals surface area contributed by atoms with Crippen molar-refractivity contribution < 1.29 is 5.11 Å². The first-order valence-electron chi connectivity index (χ1n) is 5.50. The van der Waals surface area contributed by atoms with E-state index in [9.17, 15) is 5.11 Å². The van der Waals surface area contributed by atoms with Gasteiger partial charge in [0.15, 0.2) is 0 Å². The molecular weight excluding hydrogens is 172 g/mol. The Balaban J connectivity index is 2.14. The van der Waals surface area contributed by atoms with E-state index in [0.29, 0.717) is 5.92 Å². The van der Waals surface area contributed by atoms with Crippen LogP contribution in [0.15, 0.2) is 24.3 Å². The van der Waals surface area contributed by atoms with E-state index in [1.165, 1.54) is 24.0 Å². The highest BCUT2D eigenvalue weighted by molar-refractivity contribution is 5.25. The van der Waals surface area contributed by atoms with Gasteiger partial charge in [-0.15, -0.1) is 0 Å². The van der Waals surface area contributed by atoms with E-state index in [0.717, 1.165) is 12.8 Å². The summed E-state index contributed by atoms with van der Waals surface area (Å²) in [7, 11) is 0. The first kappa shape index (κ1) is 9.72. The zero-order valence-electron chi connectivity index (χ0n) is 8.74. The summed E-state index contributed by atoms with van der Waals surface area (Å²) in [6.07, 6.45) is 4.26. The smallest absolute Gasteiger partial charge is 0.0546 e. The lowest BCUT2D eigenvalue weighted by Crippen LogP contribution is -2.18. The van der Waals surface area contributed by atoms with Crippen LogP contribution >= 0.6 is 0 Å². The van der Waals surface area contributed by atoms with Crippen molar-refractivity contribution >= 4 is 0 Å². The SMILES string of the molecule is Cc1cccc(C2CCCC(O)C2)c1. The molecule has 14 heavy (non-hydrogen) atoms. The molecular formula is C13H18O. The van der Waals surface area contributed by atoms with Gasteiger partial charge in [0, 0.05) is 0 Å². The molecule has 1 aliphatic carbocycles. The maximum Gasteiger partial charge on any atom is 0.0546 e. The Morgan fingerprint density at radius 2 is 2.14 bits per heavy atom. The van der Waals surface area contributed by atoms with E-state index < -0.39 is 0 Å². The minimum atomic E-state index is -0.0748. The standard InChI is InChI=1S/C13H18O/c1-10-4-2-5-11(8-10)12-6-3-7-13(14)9-12/h2,4-5,8,12-14H,3,6-7,9H2,1H3. The molecule has 2 atom stereocenters. The second kappa shape index (κ2) is 4.14. The zero-order valence-corrected chi connectivity index (χ0v) is 8.74. The van der Waals surface area contributed by atoms with Crippen LogP contribution < -0.4 is 0 Å². The minimum Gasteiger partial charge on any atom is -0.393 e. The van der Waals surface area contributed by atoms with Gasteiger partial charge in [-0.1, -0.05) is 36.2 Å². The van der Waals surface area contributed by atoms with Gasteiger partial charge in [-0.05, 0) is 37.7 Å². The van der Waals surface area contributed by atoms with Crippen LogP contribution in [0.3, 0.4) is 0 Å². The Morgan fingerprint density at radius 3 is 2.86 bits per heavy atom. The lowest BCUT2D eigenvalue weighted by Gasteiger charge is -2.26. The summed E-state index contributed by atoms with van der Waals surface area (Å²) in [4.78, 5) is 0. The quantitative estimate of drug-likeness (QED) is 0.721. The van der Waals surface area contributed by atoms with Gasteiger partial charge >= 0.3 is 0 Å². The van der Waals surface area contributed by atoms with Gasteiger partial charge in [-0.3, -0.25) is 0 Å². The van der Waals surface area contributed by atoms with Crippen LogP contribution in [0.2, 0.25) is 0 Å². The van der Waals surface area contributed by atoms with Crippen molar-refractivity contribution in [3.05, 3.63) is 35.4 Å².